The van der Waals surface area contributed by atoms with Gasteiger partial charge in [-0.2, -0.15) is 0 Å². The highest BCUT2D eigenvalue weighted by Gasteiger charge is 2.39. The predicted octanol–water partition coefficient (Wildman–Crippen LogP) is 1.35. The summed E-state index contributed by atoms with van der Waals surface area (Å²) in [4.78, 5) is 13.5. The van der Waals surface area contributed by atoms with Crippen molar-refractivity contribution < 1.29 is 18.3 Å². The van der Waals surface area contributed by atoms with Crippen molar-refractivity contribution in [2.75, 3.05) is 24.7 Å². The van der Waals surface area contributed by atoms with Crippen LogP contribution in [-0.4, -0.2) is 25.7 Å². The molecule has 1 saturated heterocycles. The van der Waals surface area contributed by atoms with Crippen molar-refractivity contribution in [2.45, 2.75) is 12.5 Å². The van der Waals surface area contributed by atoms with Crippen molar-refractivity contribution in [2.24, 2.45) is 11.7 Å². The Hall–Kier alpha value is -1.53. The van der Waals surface area contributed by atoms with E-state index in [1.165, 1.54) is 11.0 Å². The lowest BCUT2D eigenvalue weighted by atomic mass is 10.1. The maximum atomic E-state index is 13.7. The van der Waals surface area contributed by atoms with Crippen LogP contribution >= 0.6 is 0 Å². The summed E-state index contributed by atoms with van der Waals surface area (Å²) in [5, 5.41) is 0. The molecule has 4 nitrogen and oxygen atoms in total. The molecule has 0 radical (unpaired) electrons. The summed E-state index contributed by atoms with van der Waals surface area (Å²) in [5.41, 5.74) is 6.06. The number of benzene rings is 1. The summed E-state index contributed by atoms with van der Waals surface area (Å²) < 4.78 is 32.3. The number of rotatable bonds is 2. The Morgan fingerprint density at radius 2 is 2.21 bits per heavy atom. The second-order valence-electron chi connectivity index (χ2n) is 4.98. The zero-order valence-corrected chi connectivity index (χ0v) is 10.2. The van der Waals surface area contributed by atoms with Crippen molar-refractivity contribution in [3.63, 3.8) is 0 Å². The molecule has 1 fully saturated rings. The van der Waals surface area contributed by atoms with Gasteiger partial charge in [-0.1, -0.05) is 0 Å². The van der Waals surface area contributed by atoms with Gasteiger partial charge in [0.05, 0.1) is 12.3 Å². The summed E-state index contributed by atoms with van der Waals surface area (Å²) in [7, 11) is 0. The number of fused-ring (bicyclic) bond motifs is 1. The SMILES string of the molecule is NC1C(=O)N(CC2CCOC2)c2cc(F)cc(F)c21. The zero-order chi connectivity index (χ0) is 13.6. The summed E-state index contributed by atoms with van der Waals surface area (Å²) in [6, 6.07) is 0.880. The van der Waals surface area contributed by atoms with Gasteiger partial charge in [0, 0.05) is 30.7 Å². The fourth-order valence-corrected chi connectivity index (χ4v) is 2.69. The minimum atomic E-state index is -1.04. The van der Waals surface area contributed by atoms with E-state index in [2.05, 4.69) is 0 Å². The first kappa shape index (κ1) is 12.5. The van der Waals surface area contributed by atoms with Crippen LogP contribution in [0.5, 0.6) is 0 Å². The van der Waals surface area contributed by atoms with Gasteiger partial charge in [-0.05, 0) is 12.5 Å². The van der Waals surface area contributed by atoms with Crippen LogP contribution in [0.1, 0.15) is 18.0 Å². The maximum Gasteiger partial charge on any atom is 0.248 e. The molecule has 102 valence electrons. The van der Waals surface area contributed by atoms with Gasteiger partial charge in [0.25, 0.3) is 0 Å². The molecule has 19 heavy (non-hydrogen) atoms. The van der Waals surface area contributed by atoms with Gasteiger partial charge in [-0.25, -0.2) is 8.78 Å². The molecule has 0 bridgehead atoms. The van der Waals surface area contributed by atoms with Gasteiger partial charge in [-0.3, -0.25) is 4.79 Å². The average molecular weight is 268 g/mol. The quantitative estimate of drug-likeness (QED) is 0.880. The first-order valence-corrected chi connectivity index (χ1v) is 6.21. The standard InChI is InChI=1S/C13H14F2N2O2/c14-8-3-9(15)11-10(4-8)17(13(18)12(11)16)5-7-1-2-19-6-7/h3-4,7,12H,1-2,5-6,16H2. The average Bonchev–Trinajstić information content (AvgIpc) is 2.93. The molecule has 1 amide bonds. The molecule has 2 atom stereocenters. The van der Waals surface area contributed by atoms with Crippen molar-refractivity contribution in [1.82, 2.24) is 0 Å². The first-order valence-electron chi connectivity index (χ1n) is 6.21. The highest BCUT2D eigenvalue weighted by molar-refractivity contribution is 6.04. The molecular weight excluding hydrogens is 254 g/mol. The molecular formula is C13H14F2N2O2. The fourth-order valence-electron chi connectivity index (χ4n) is 2.69. The Morgan fingerprint density at radius 3 is 2.89 bits per heavy atom. The van der Waals surface area contributed by atoms with E-state index < -0.39 is 17.7 Å². The topological polar surface area (TPSA) is 55.6 Å². The van der Waals surface area contributed by atoms with Crippen LogP contribution in [0.25, 0.3) is 0 Å². The molecule has 0 spiro atoms. The number of ether oxygens (including phenoxy) is 1. The molecule has 0 saturated carbocycles. The van der Waals surface area contributed by atoms with Crippen LogP contribution in [0.4, 0.5) is 14.5 Å². The van der Waals surface area contributed by atoms with Gasteiger partial charge in [-0.15, -0.1) is 0 Å². The number of amides is 1. The number of hydrogen-bond donors (Lipinski definition) is 1. The molecule has 2 aliphatic rings. The fraction of sp³-hybridized carbons (Fsp3) is 0.462. The third-order valence-electron chi connectivity index (χ3n) is 3.67. The molecule has 6 heteroatoms. The number of anilines is 1. The van der Waals surface area contributed by atoms with Crippen LogP contribution in [0.2, 0.25) is 0 Å². The Balaban J connectivity index is 1.96. The number of nitrogens with zero attached hydrogens (tertiary/aromatic N) is 1. The minimum absolute atomic E-state index is 0.0883. The first-order chi connectivity index (χ1) is 9.08. The lowest BCUT2D eigenvalue weighted by molar-refractivity contribution is -0.119. The molecule has 0 aliphatic carbocycles. The summed E-state index contributed by atoms with van der Waals surface area (Å²) in [5.74, 6) is -1.66. The van der Waals surface area contributed by atoms with Gasteiger partial charge < -0.3 is 15.4 Å². The van der Waals surface area contributed by atoms with E-state index in [-0.39, 0.29) is 23.1 Å². The Kier molecular flexibility index (Phi) is 2.99. The third kappa shape index (κ3) is 2.01. The molecule has 1 aromatic carbocycles. The lowest BCUT2D eigenvalue weighted by Gasteiger charge is -2.20. The van der Waals surface area contributed by atoms with Crippen LogP contribution in [-0.2, 0) is 9.53 Å². The summed E-state index contributed by atoms with van der Waals surface area (Å²) in [6.45, 7) is 1.61. The lowest BCUT2D eigenvalue weighted by Crippen LogP contribution is -2.35. The minimum Gasteiger partial charge on any atom is -0.381 e. The smallest absolute Gasteiger partial charge is 0.248 e. The molecule has 0 aromatic heterocycles. The molecule has 2 aliphatic heterocycles. The van der Waals surface area contributed by atoms with Gasteiger partial charge >= 0.3 is 0 Å². The Labute approximate surface area is 109 Å². The van der Waals surface area contributed by atoms with Gasteiger partial charge in [0.1, 0.15) is 17.7 Å². The van der Waals surface area contributed by atoms with Gasteiger partial charge in [0.2, 0.25) is 5.91 Å². The van der Waals surface area contributed by atoms with Crippen LogP contribution in [0.3, 0.4) is 0 Å². The highest BCUT2D eigenvalue weighted by atomic mass is 19.1. The monoisotopic (exact) mass is 268 g/mol. The van der Waals surface area contributed by atoms with E-state index in [0.717, 1.165) is 12.5 Å². The number of carbonyl (C=O) groups is 1. The van der Waals surface area contributed by atoms with E-state index in [1.54, 1.807) is 0 Å². The van der Waals surface area contributed by atoms with Crippen LogP contribution < -0.4 is 10.6 Å². The number of nitrogens with two attached hydrogens (primary N) is 1. The van der Waals surface area contributed by atoms with E-state index in [9.17, 15) is 13.6 Å². The van der Waals surface area contributed by atoms with Crippen molar-refractivity contribution in [3.8, 4) is 0 Å². The number of halogens is 2. The molecule has 2 N–H and O–H groups in total. The van der Waals surface area contributed by atoms with E-state index >= 15 is 0 Å². The van der Waals surface area contributed by atoms with E-state index in [0.29, 0.717) is 19.8 Å². The second kappa shape index (κ2) is 4.54. The van der Waals surface area contributed by atoms with Crippen LogP contribution in [0.15, 0.2) is 12.1 Å². The summed E-state index contributed by atoms with van der Waals surface area (Å²) in [6.07, 6.45) is 0.839. The summed E-state index contributed by atoms with van der Waals surface area (Å²) >= 11 is 0. The normalized spacial score (nSPS) is 26.1. The van der Waals surface area contributed by atoms with E-state index in [4.69, 9.17) is 10.5 Å². The zero-order valence-electron chi connectivity index (χ0n) is 10.2. The second-order valence-corrected chi connectivity index (χ2v) is 4.98. The predicted molar refractivity (Wildman–Crippen MR) is 64.6 cm³/mol. The molecule has 2 heterocycles. The molecule has 1 aromatic rings. The van der Waals surface area contributed by atoms with Crippen molar-refractivity contribution >= 4 is 11.6 Å². The third-order valence-corrected chi connectivity index (χ3v) is 3.67. The Morgan fingerprint density at radius 1 is 1.42 bits per heavy atom. The van der Waals surface area contributed by atoms with Crippen LogP contribution in [0, 0.1) is 17.6 Å². The largest absolute Gasteiger partial charge is 0.381 e. The highest BCUT2D eigenvalue weighted by Crippen LogP contribution is 2.38. The van der Waals surface area contributed by atoms with E-state index in [1.807, 2.05) is 0 Å². The molecule has 3 rings (SSSR count). The maximum absolute atomic E-state index is 13.7. The number of carbonyl (C=O) groups excluding carboxylic acids is 1. The van der Waals surface area contributed by atoms with Crippen molar-refractivity contribution in [3.05, 3.63) is 29.3 Å². The molecule has 2 unspecified atom stereocenters. The van der Waals surface area contributed by atoms with Crippen molar-refractivity contribution in [1.29, 1.82) is 0 Å². The number of hydrogen-bond acceptors (Lipinski definition) is 3. The van der Waals surface area contributed by atoms with Gasteiger partial charge in [0.15, 0.2) is 0 Å². The Bertz CT molecular complexity index is 530.